The maximum Gasteiger partial charge on any atom is 0.130 e. The van der Waals surface area contributed by atoms with E-state index in [1.165, 1.54) is 43.2 Å². The van der Waals surface area contributed by atoms with Gasteiger partial charge >= 0.3 is 0 Å². The van der Waals surface area contributed by atoms with Crippen molar-refractivity contribution in [3.8, 4) is 0 Å². The van der Waals surface area contributed by atoms with Crippen LogP contribution >= 0.6 is 11.6 Å². The van der Waals surface area contributed by atoms with Crippen LogP contribution in [0.2, 0.25) is 5.02 Å². The number of hydrogen-bond acceptors (Lipinski definition) is 1. The van der Waals surface area contributed by atoms with Crippen molar-refractivity contribution in [1.82, 2.24) is 0 Å². The van der Waals surface area contributed by atoms with E-state index in [1.807, 2.05) is 0 Å². The number of benzene rings is 1. The lowest BCUT2D eigenvalue weighted by atomic mass is 9.83. The second-order valence-corrected chi connectivity index (χ2v) is 6.33. The first kappa shape index (κ1) is 14.6. The Balaban J connectivity index is 2.14. The summed E-state index contributed by atoms with van der Waals surface area (Å²) in [5.41, 5.74) is 2.49. The van der Waals surface area contributed by atoms with E-state index in [1.54, 1.807) is 6.92 Å². The average Bonchev–Trinajstić information content (AvgIpc) is 2.38. The van der Waals surface area contributed by atoms with Gasteiger partial charge in [0.25, 0.3) is 0 Å². The fourth-order valence-electron chi connectivity index (χ4n) is 3.14. The Morgan fingerprint density at radius 1 is 1.32 bits per heavy atom. The van der Waals surface area contributed by atoms with Crippen LogP contribution in [0.4, 0.5) is 0 Å². The summed E-state index contributed by atoms with van der Waals surface area (Å²) in [4.78, 5) is 11.2. The quantitative estimate of drug-likeness (QED) is 0.714. The summed E-state index contributed by atoms with van der Waals surface area (Å²) in [5.74, 6) is 1.13. The van der Waals surface area contributed by atoms with Gasteiger partial charge in [0.2, 0.25) is 0 Å². The van der Waals surface area contributed by atoms with Crippen LogP contribution in [-0.4, -0.2) is 5.78 Å². The SMILES string of the molecule is CC(=O)CC(C)c1ccc(C2CCCCC2)c(Cl)c1. The zero-order valence-electron chi connectivity index (χ0n) is 11.9. The lowest BCUT2D eigenvalue weighted by Crippen LogP contribution is -2.06. The lowest BCUT2D eigenvalue weighted by Gasteiger charge is -2.23. The number of carbonyl (C=O) groups is 1. The highest BCUT2D eigenvalue weighted by Crippen LogP contribution is 2.37. The molecule has 1 atom stereocenters. The van der Waals surface area contributed by atoms with Crippen LogP contribution in [-0.2, 0) is 4.79 Å². The molecule has 0 N–H and O–H groups in total. The largest absolute Gasteiger partial charge is 0.300 e. The molecule has 0 heterocycles. The van der Waals surface area contributed by atoms with Gasteiger partial charge in [-0.15, -0.1) is 0 Å². The van der Waals surface area contributed by atoms with Gasteiger partial charge in [-0.3, -0.25) is 0 Å². The van der Waals surface area contributed by atoms with Gasteiger partial charge in [0.05, 0.1) is 0 Å². The summed E-state index contributed by atoms with van der Waals surface area (Å²) < 4.78 is 0. The number of carbonyl (C=O) groups excluding carboxylic acids is 1. The molecule has 1 aromatic rings. The van der Waals surface area contributed by atoms with Gasteiger partial charge < -0.3 is 4.79 Å². The van der Waals surface area contributed by atoms with Gasteiger partial charge in [0.1, 0.15) is 5.78 Å². The van der Waals surface area contributed by atoms with Crippen LogP contribution in [0.1, 0.15) is 75.3 Å². The number of rotatable bonds is 4. The van der Waals surface area contributed by atoms with Crippen molar-refractivity contribution >= 4 is 17.4 Å². The first-order valence-corrected chi connectivity index (χ1v) is 7.74. The monoisotopic (exact) mass is 278 g/mol. The normalized spacial score (nSPS) is 18.3. The standard InChI is InChI=1S/C17H23ClO/c1-12(10-13(2)19)15-8-9-16(17(18)11-15)14-6-4-3-5-7-14/h8-9,11-12,14H,3-7,10H2,1-2H3. The van der Waals surface area contributed by atoms with Gasteiger partial charge in [-0.25, -0.2) is 0 Å². The molecule has 1 saturated carbocycles. The molecule has 1 aliphatic rings. The number of ketones is 1. The number of hydrogen-bond donors (Lipinski definition) is 0. The van der Waals surface area contributed by atoms with Gasteiger partial charge in [-0.1, -0.05) is 49.9 Å². The molecule has 0 spiro atoms. The zero-order chi connectivity index (χ0) is 13.8. The highest BCUT2D eigenvalue weighted by molar-refractivity contribution is 6.31. The van der Waals surface area contributed by atoms with Crippen LogP contribution in [0, 0.1) is 0 Å². The van der Waals surface area contributed by atoms with Crippen LogP contribution in [0.25, 0.3) is 0 Å². The molecule has 1 nitrogen and oxygen atoms in total. The first-order valence-electron chi connectivity index (χ1n) is 7.36. The zero-order valence-corrected chi connectivity index (χ0v) is 12.7. The summed E-state index contributed by atoms with van der Waals surface area (Å²) in [7, 11) is 0. The Morgan fingerprint density at radius 3 is 2.58 bits per heavy atom. The Hall–Kier alpha value is -0.820. The average molecular weight is 279 g/mol. The molecule has 1 aromatic carbocycles. The van der Waals surface area contributed by atoms with Gasteiger partial charge in [-0.05, 0) is 48.8 Å². The van der Waals surface area contributed by atoms with Crippen LogP contribution in [0.15, 0.2) is 18.2 Å². The molecule has 1 fully saturated rings. The van der Waals surface area contributed by atoms with E-state index < -0.39 is 0 Å². The molecule has 2 rings (SSSR count). The molecule has 104 valence electrons. The summed E-state index contributed by atoms with van der Waals surface area (Å²) in [6.07, 6.45) is 7.14. The third-order valence-electron chi connectivity index (χ3n) is 4.23. The van der Waals surface area contributed by atoms with Crippen LogP contribution < -0.4 is 0 Å². The first-order chi connectivity index (χ1) is 9.08. The fourth-order valence-corrected chi connectivity index (χ4v) is 3.49. The third kappa shape index (κ3) is 3.82. The summed E-state index contributed by atoms with van der Waals surface area (Å²) in [6, 6.07) is 6.41. The van der Waals surface area contributed by atoms with E-state index in [0.717, 1.165) is 5.02 Å². The molecule has 1 aliphatic carbocycles. The Bertz CT molecular complexity index is 447. The second kappa shape index (κ2) is 6.56. The molecule has 1 unspecified atom stereocenters. The Kier molecular flexibility index (Phi) is 5.04. The molecule has 0 aliphatic heterocycles. The molecule has 0 radical (unpaired) electrons. The van der Waals surface area contributed by atoms with E-state index in [9.17, 15) is 4.79 Å². The maximum atomic E-state index is 11.2. The summed E-state index contributed by atoms with van der Waals surface area (Å²) in [6.45, 7) is 3.74. The molecule has 0 bridgehead atoms. The van der Waals surface area contributed by atoms with Crippen molar-refractivity contribution in [3.05, 3.63) is 34.3 Å². The summed E-state index contributed by atoms with van der Waals surface area (Å²) in [5, 5.41) is 0.889. The minimum absolute atomic E-state index is 0.236. The molecule has 0 amide bonds. The van der Waals surface area contributed by atoms with E-state index in [-0.39, 0.29) is 11.7 Å². The molecule has 2 heteroatoms. The summed E-state index contributed by atoms with van der Waals surface area (Å²) >= 11 is 6.46. The predicted octanol–water partition coefficient (Wildman–Crippen LogP) is 5.47. The lowest BCUT2D eigenvalue weighted by molar-refractivity contribution is -0.117. The molecule has 19 heavy (non-hydrogen) atoms. The molecule has 0 saturated heterocycles. The highest BCUT2D eigenvalue weighted by Gasteiger charge is 2.19. The van der Waals surface area contributed by atoms with Crippen molar-refractivity contribution in [2.24, 2.45) is 0 Å². The van der Waals surface area contributed by atoms with Gasteiger partial charge in [-0.2, -0.15) is 0 Å². The van der Waals surface area contributed by atoms with E-state index in [0.29, 0.717) is 12.3 Å². The van der Waals surface area contributed by atoms with Crippen molar-refractivity contribution in [2.75, 3.05) is 0 Å². The van der Waals surface area contributed by atoms with Crippen molar-refractivity contribution in [2.45, 2.75) is 64.2 Å². The predicted molar refractivity (Wildman–Crippen MR) is 81.0 cm³/mol. The molecule has 0 aromatic heterocycles. The van der Waals surface area contributed by atoms with Crippen molar-refractivity contribution in [1.29, 1.82) is 0 Å². The topological polar surface area (TPSA) is 17.1 Å². The highest BCUT2D eigenvalue weighted by atomic mass is 35.5. The second-order valence-electron chi connectivity index (χ2n) is 5.92. The maximum absolute atomic E-state index is 11.2. The van der Waals surface area contributed by atoms with Crippen LogP contribution in [0.3, 0.4) is 0 Å². The number of Topliss-reactive ketones (excluding diaryl/α,β-unsaturated/α-hetero) is 1. The van der Waals surface area contributed by atoms with Gasteiger partial charge in [0, 0.05) is 11.4 Å². The minimum atomic E-state index is 0.236. The Morgan fingerprint density at radius 2 is 2.00 bits per heavy atom. The molecular weight excluding hydrogens is 256 g/mol. The van der Waals surface area contributed by atoms with Crippen molar-refractivity contribution < 1.29 is 4.79 Å². The van der Waals surface area contributed by atoms with E-state index >= 15 is 0 Å². The Labute approximate surface area is 121 Å². The third-order valence-corrected chi connectivity index (χ3v) is 4.56. The van der Waals surface area contributed by atoms with Crippen molar-refractivity contribution in [3.63, 3.8) is 0 Å². The minimum Gasteiger partial charge on any atom is -0.300 e. The smallest absolute Gasteiger partial charge is 0.130 e. The fraction of sp³-hybridized carbons (Fsp3) is 0.588. The van der Waals surface area contributed by atoms with Crippen LogP contribution in [0.5, 0.6) is 0 Å². The van der Waals surface area contributed by atoms with E-state index in [2.05, 4.69) is 25.1 Å². The van der Waals surface area contributed by atoms with E-state index in [4.69, 9.17) is 11.6 Å². The van der Waals surface area contributed by atoms with Gasteiger partial charge in [0.15, 0.2) is 0 Å². The molecular formula is C17H23ClO. The number of halogens is 1.